The predicted molar refractivity (Wildman–Crippen MR) is 59.9 cm³/mol. The normalized spacial score (nSPS) is 27.1. The number of benzene rings is 1. The van der Waals surface area contributed by atoms with Crippen LogP contribution in [0.4, 0.5) is 0 Å². The van der Waals surface area contributed by atoms with E-state index in [1.165, 1.54) is 30.4 Å². The number of rotatable bonds is 0. The number of nitrogens with two attached hydrogens (primary N) is 1. The lowest BCUT2D eigenvalue weighted by molar-refractivity contribution is 0.176. The maximum atomic E-state index is 9.59. The molecule has 0 bridgehead atoms. The van der Waals surface area contributed by atoms with Gasteiger partial charge < -0.3 is 10.8 Å². The zero-order valence-electron chi connectivity index (χ0n) is 8.87. The lowest BCUT2D eigenvalue weighted by atomic mass is 9.56. The number of phenolic OH excluding ortho intramolecular Hbond substituents is 1. The second-order valence-electron chi connectivity index (χ2n) is 5.00. The van der Waals surface area contributed by atoms with E-state index in [0.717, 1.165) is 12.8 Å². The summed E-state index contributed by atoms with van der Waals surface area (Å²) in [5.41, 5.74) is 9.18. The van der Waals surface area contributed by atoms with Crippen molar-refractivity contribution in [2.45, 2.75) is 43.6 Å². The molecule has 1 aromatic rings. The summed E-state index contributed by atoms with van der Waals surface area (Å²) in [5, 5.41) is 9.59. The van der Waals surface area contributed by atoms with E-state index in [9.17, 15) is 5.11 Å². The minimum absolute atomic E-state index is 0.201. The van der Waals surface area contributed by atoms with Crippen molar-refractivity contribution in [2.75, 3.05) is 0 Å². The Kier molecular flexibility index (Phi) is 1.84. The molecule has 0 radical (unpaired) electrons. The van der Waals surface area contributed by atoms with E-state index in [0.29, 0.717) is 11.8 Å². The second-order valence-corrected chi connectivity index (χ2v) is 5.00. The van der Waals surface area contributed by atoms with Gasteiger partial charge in [-0.05, 0) is 48.9 Å². The summed E-state index contributed by atoms with van der Waals surface area (Å²) in [5.74, 6) is 0.383. The molecule has 1 saturated carbocycles. The van der Waals surface area contributed by atoms with E-state index in [1.54, 1.807) is 6.07 Å². The SMILES string of the molecule is NC1CCc2ccc(O)cc2C12CCC2. The van der Waals surface area contributed by atoms with Crippen molar-refractivity contribution < 1.29 is 5.11 Å². The van der Waals surface area contributed by atoms with Gasteiger partial charge >= 0.3 is 0 Å². The van der Waals surface area contributed by atoms with Crippen molar-refractivity contribution in [2.24, 2.45) is 5.73 Å². The maximum absolute atomic E-state index is 9.59. The summed E-state index contributed by atoms with van der Waals surface area (Å²) in [7, 11) is 0. The fourth-order valence-electron chi connectivity index (χ4n) is 3.23. The largest absolute Gasteiger partial charge is 0.508 e. The average Bonchev–Trinajstić information content (AvgIpc) is 2.14. The van der Waals surface area contributed by atoms with Crippen LogP contribution in [-0.4, -0.2) is 11.1 Å². The van der Waals surface area contributed by atoms with Crippen LogP contribution in [0.5, 0.6) is 5.75 Å². The molecule has 1 spiro atoms. The van der Waals surface area contributed by atoms with Crippen molar-refractivity contribution in [3.63, 3.8) is 0 Å². The summed E-state index contributed by atoms with van der Waals surface area (Å²) in [6, 6.07) is 6.09. The summed E-state index contributed by atoms with van der Waals surface area (Å²) in [6.45, 7) is 0. The third kappa shape index (κ3) is 1.14. The maximum Gasteiger partial charge on any atom is 0.115 e. The highest BCUT2D eigenvalue weighted by molar-refractivity contribution is 5.44. The Labute approximate surface area is 90.1 Å². The highest BCUT2D eigenvalue weighted by Crippen LogP contribution is 2.51. The molecule has 1 aromatic carbocycles. The van der Waals surface area contributed by atoms with E-state index in [4.69, 9.17) is 5.73 Å². The lowest BCUT2D eigenvalue weighted by Gasteiger charge is -2.50. The molecule has 2 heteroatoms. The molecule has 0 amide bonds. The van der Waals surface area contributed by atoms with Gasteiger partial charge in [-0.3, -0.25) is 0 Å². The molecule has 1 unspecified atom stereocenters. The third-order valence-corrected chi connectivity index (χ3v) is 4.31. The van der Waals surface area contributed by atoms with Gasteiger partial charge in [-0.2, -0.15) is 0 Å². The van der Waals surface area contributed by atoms with Crippen molar-refractivity contribution in [1.82, 2.24) is 0 Å². The van der Waals surface area contributed by atoms with E-state index in [1.807, 2.05) is 6.07 Å². The van der Waals surface area contributed by atoms with E-state index in [-0.39, 0.29) is 5.41 Å². The number of hydrogen-bond acceptors (Lipinski definition) is 2. The van der Waals surface area contributed by atoms with Gasteiger partial charge in [0, 0.05) is 11.5 Å². The Morgan fingerprint density at radius 3 is 2.80 bits per heavy atom. The standard InChI is InChI=1S/C13H17NO/c14-12-5-3-9-2-4-10(15)8-11(9)13(12)6-1-7-13/h2,4,8,12,15H,1,3,5-7,14H2. The number of aromatic hydroxyl groups is 1. The Hall–Kier alpha value is -1.02. The monoisotopic (exact) mass is 203 g/mol. The topological polar surface area (TPSA) is 46.2 Å². The van der Waals surface area contributed by atoms with Gasteiger partial charge in [-0.1, -0.05) is 12.5 Å². The molecule has 0 saturated heterocycles. The highest BCUT2D eigenvalue weighted by Gasteiger charge is 2.46. The molecular weight excluding hydrogens is 186 g/mol. The van der Waals surface area contributed by atoms with Gasteiger partial charge in [0.05, 0.1) is 0 Å². The van der Waals surface area contributed by atoms with E-state index < -0.39 is 0 Å². The molecule has 3 N–H and O–H groups in total. The van der Waals surface area contributed by atoms with Gasteiger partial charge in [0.25, 0.3) is 0 Å². The Bertz CT molecular complexity index is 396. The second kappa shape index (κ2) is 2.99. The minimum Gasteiger partial charge on any atom is -0.508 e. The van der Waals surface area contributed by atoms with Gasteiger partial charge in [0.15, 0.2) is 0 Å². The van der Waals surface area contributed by atoms with Gasteiger partial charge in [0.2, 0.25) is 0 Å². The molecule has 0 aliphatic heterocycles. The van der Waals surface area contributed by atoms with Crippen molar-refractivity contribution in [3.8, 4) is 5.75 Å². The molecule has 80 valence electrons. The summed E-state index contributed by atoms with van der Waals surface area (Å²) < 4.78 is 0. The molecule has 15 heavy (non-hydrogen) atoms. The smallest absolute Gasteiger partial charge is 0.115 e. The van der Waals surface area contributed by atoms with Crippen LogP contribution < -0.4 is 5.73 Å². The first kappa shape index (κ1) is 9.22. The molecular formula is C13H17NO. The molecule has 0 heterocycles. The molecule has 3 rings (SSSR count). The van der Waals surface area contributed by atoms with Gasteiger partial charge in [-0.15, -0.1) is 0 Å². The van der Waals surface area contributed by atoms with Crippen molar-refractivity contribution in [1.29, 1.82) is 0 Å². The number of hydrogen-bond donors (Lipinski definition) is 2. The van der Waals surface area contributed by atoms with Crippen LogP contribution >= 0.6 is 0 Å². The minimum atomic E-state index is 0.201. The average molecular weight is 203 g/mol. The Balaban J connectivity index is 2.14. The van der Waals surface area contributed by atoms with E-state index in [2.05, 4.69) is 6.07 Å². The number of fused-ring (bicyclic) bond motifs is 2. The predicted octanol–water partition coefficient (Wildman–Crippen LogP) is 2.09. The first-order valence-corrected chi connectivity index (χ1v) is 5.80. The van der Waals surface area contributed by atoms with Crippen LogP contribution in [0.25, 0.3) is 0 Å². The van der Waals surface area contributed by atoms with Gasteiger partial charge in [-0.25, -0.2) is 0 Å². The molecule has 2 nitrogen and oxygen atoms in total. The highest BCUT2D eigenvalue weighted by atomic mass is 16.3. The quantitative estimate of drug-likeness (QED) is 0.678. The van der Waals surface area contributed by atoms with E-state index >= 15 is 0 Å². The first-order valence-electron chi connectivity index (χ1n) is 5.80. The molecule has 2 aliphatic rings. The van der Waals surface area contributed by atoms with Crippen LogP contribution in [0.2, 0.25) is 0 Å². The van der Waals surface area contributed by atoms with Crippen LogP contribution in [0, 0.1) is 0 Å². The third-order valence-electron chi connectivity index (χ3n) is 4.31. The number of phenols is 1. The first-order chi connectivity index (χ1) is 7.22. The van der Waals surface area contributed by atoms with Crippen LogP contribution in [0.3, 0.4) is 0 Å². The summed E-state index contributed by atoms with van der Waals surface area (Å²) in [6.07, 6.45) is 5.84. The summed E-state index contributed by atoms with van der Waals surface area (Å²) >= 11 is 0. The van der Waals surface area contributed by atoms with Gasteiger partial charge in [0.1, 0.15) is 5.75 Å². The zero-order chi connectivity index (χ0) is 10.5. The van der Waals surface area contributed by atoms with Crippen LogP contribution in [-0.2, 0) is 11.8 Å². The Morgan fingerprint density at radius 2 is 2.13 bits per heavy atom. The molecule has 1 atom stereocenters. The molecule has 1 fully saturated rings. The zero-order valence-corrected chi connectivity index (χ0v) is 8.87. The summed E-state index contributed by atoms with van der Waals surface area (Å²) in [4.78, 5) is 0. The fraction of sp³-hybridized carbons (Fsp3) is 0.538. The van der Waals surface area contributed by atoms with Crippen molar-refractivity contribution in [3.05, 3.63) is 29.3 Å². The van der Waals surface area contributed by atoms with Crippen molar-refractivity contribution >= 4 is 0 Å². The molecule has 0 aromatic heterocycles. The fourth-order valence-corrected chi connectivity index (χ4v) is 3.23. The van der Waals surface area contributed by atoms with Crippen LogP contribution in [0.15, 0.2) is 18.2 Å². The van der Waals surface area contributed by atoms with Crippen LogP contribution in [0.1, 0.15) is 36.8 Å². The Morgan fingerprint density at radius 1 is 1.33 bits per heavy atom. The number of aryl methyl sites for hydroxylation is 1. The lowest BCUT2D eigenvalue weighted by Crippen LogP contribution is -2.53. The molecule has 2 aliphatic carbocycles.